The van der Waals surface area contributed by atoms with Crippen molar-refractivity contribution in [1.29, 1.82) is 0 Å². The third-order valence-electron chi connectivity index (χ3n) is 5.97. The van der Waals surface area contributed by atoms with Gasteiger partial charge in [0.25, 0.3) is 0 Å². The number of carbonyl (C=O) groups is 3. The molecule has 0 unspecified atom stereocenters. The molecular formula is C21H29N3O5. The van der Waals surface area contributed by atoms with Crippen LogP contribution in [-0.2, 0) is 14.3 Å². The topological polar surface area (TPSA) is 99.2 Å². The van der Waals surface area contributed by atoms with Gasteiger partial charge in [0.2, 0.25) is 11.8 Å². The van der Waals surface area contributed by atoms with Crippen LogP contribution in [0, 0.1) is 11.8 Å². The molecule has 0 spiro atoms. The van der Waals surface area contributed by atoms with Crippen molar-refractivity contribution in [3.8, 4) is 0 Å². The number of amides is 3. The Bertz CT molecular complexity index is 739. The van der Waals surface area contributed by atoms with Crippen LogP contribution in [0.3, 0.4) is 0 Å². The predicted molar refractivity (Wildman–Crippen MR) is 105 cm³/mol. The van der Waals surface area contributed by atoms with Crippen molar-refractivity contribution in [3.63, 3.8) is 0 Å². The molecule has 2 N–H and O–H groups in total. The lowest BCUT2D eigenvalue weighted by Gasteiger charge is -2.35. The van der Waals surface area contributed by atoms with Gasteiger partial charge in [-0.1, -0.05) is 30.3 Å². The third kappa shape index (κ3) is 4.87. The molecule has 1 heterocycles. The molecule has 1 aliphatic carbocycles. The van der Waals surface area contributed by atoms with Crippen molar-refractivity contribution in [2.75, 3.05) is 27.2 Å². The second-order valence-electron chi connectivity index (χ2n) is 8.08. The van der Waals surface area contributed by atoms with E-state index in [1.165, 1.54) is 10.5 Å². The Balaban J connectivity index is 1.66. The number of rotatable bonds is 4. The summed E-state index contributed by atoms with van der Waals surface area (Å²) < 4.78 is 5.41. The molecule has 0 radical (unpaired) electrons. The van der Waals surface area contributed by atoms with Gasteiger partial charge in [0.1, 0.15) is 6.10 Å². The fraction of sp³-hybridized carbons (Fsp3) is 0.571. The van der Waals surface area contributed by atoms with Crippen molar-refractivity contribution in [2.45, 2.75) is 37.7 Å². The number of benzene rings is 1. The Morgan fingerprint density at radius 2 is 1.83 bits per heavy atom. The highest BCUT2D eigenvalue weighted by Gasteiger charge is 2.43. The lowest BCUT2D eigenvalue weighted by Crippen LogP contribution is -2.47. The van der Waals surface area contributed by atoms with Crippen LogP contribution in [0.4, 0.5) is 4.79 Å². The van der Waals surface area contributed by atoms with E-state index in [4.69, 9.17) is 9.94 Å². The summed E-state index contributed by atoms with van der Waals surface area (Å²) in [5.41, 5.74) is 2.90. The summed E-state index contributed by atoms with van der Waals surface area (Å²) in [6, 6.07) is 10.1. The van der Waals surface area contributed by atoms with Crippen molar-refractivity contribution >= 4 is 17.9 Å². The van der Waals surface area contributed by atoms with E-state index in [9.17, 15) is 14.4 Å². The lowest BCUT2D eigenvalue weighted by molar-refractivity contribution is -0.148. The summed E-state index contributed by atoms with van der Waals surface area (Å²) >= 11 is 0. The van der Waals surface area contributed by atoms with Gasteiger partial charge in [-0.25, -0.2) is 10.3 Å². The summed E-state index contributed by atoms with van der Waals surface area (Å²) in [4.78, 5) is 40.4. The molecule has 1 aromatic rings. The highest BCUT2D eigenvalue weighted by molar-refractivity contribution is 5.87. The number of hydrogen-bond donors (Lipinski definition) is 2. The van der Waals surface area contributed by atoms with Crippen LogP contribution in [0.25, 0.3) is 0 Å². The molecular weight excluding hydrogens is 374 g/mol. The molecule has 3 rings (SSSR count). The van der Waals surface area contributed by atoms with Gasteiger partial charge in [-0.2, -0.15) is 0 Å². The second kappa shape index (κ2) is 9.26. The average molecular weight is 403 g/mol. The molecule has 2 fully saturated rings. The summed E-state index contributed by atoms with van der Waals surface area (Å²) in [5.74, 6) is -1.62. The van der Waals surface area contributed by atoms with Crippen molar-refractivity contribution in [3.05, 3.63) is 35.9 Å². The minimum atomic E-state index is -0.725. The van der Waals surface area contributed by atoms with E-state index in [-0.39, 0.29) is 12.3 Å². The largest absolute Gasteiger partial charge is 0.446 e. The average Bonchev–Trinajstić information content (AvgIpc) is 3.23. The number of nitrogens with zero attached hydrogens (tertiary/aromatic N) is 2. The quantitative estimate of drug-likeness (QED) is 0.592. The first-order valence-electron chi connectivity index (χ1n) is 10.1. The van der Waals surface area contributed by atoms with Gasteiger partial charge >= 0.3 is 6.09 Å². The molecule has 0 bridgehead atoms. The fourth-order valence-electron chi connectivity index (χ4n) is 4.35. The van der Waals surface area contributed by atoms with Crippen LogP contribution in [0.2, 0.25) is 0 Å². The van der Waals surface area contributed by atoms with Crippen molar-refractivity contribution < 1.29 is 24.3 Å². The Kier molecular flexibility index (Phi) is 6.74. The Labute approximate surface area is 170 Å². The number of ether oxygens (including phenoxy) is 1. The molecule has 158 valence electrons. The maximum atomic E-state index is 13.2. The minimum Gasteiger partial charge on any atom is -0.446 e. The predicted octanol–water partition coefficient (Wildman–Crippen LogP) is 1.99. The maximum absolute atomic E-state index is 13.2. The van der Waals surface area contributed by atoms with E-state index < -0.39 is 29.9 Å². The molecule has 1 saturated carbocycles. The van der Waals surface area contributed by atoms with E-state index in [1.807, 2.05) is 23.1 Å². The molecule has 2 aliphatic rings. The maximum Gasteiger partial charge on any atom is 0.409 e. The normalized spacial score (nSPS) is 26.7. The highest BCUT2D eigenvalue weighted by Crippen LogP contribution is 2.36. The zero-order valence-corrected chi connectivity index (χ0v) is 16.9. The third-order valence-corrected chi connectivity index (χ3v) is 5.97. The van der Waals surface area contributed by atoms with Crippen LogP contribution in [0.15, 0.2) is 30.3 Å². The SMILES string of the molecule is CN(C)C(=O)O[C@H]1CC[C@H](C(=O)N2CC[C@H](c3ccccc3)C2)[C@@H](C(=O)NO)C1. The zero-order valence-electron chi connectivity index (χ0n) is 16.9. The van der Waals surface area contributed by atoms with Gasteiger partial charge in [-0.15, -0.1) is 0 Å². The van der Waals surface area contributed by atoms with Gasteiger partial charge in [-0.3, -0.25) is 14.8 Å². The highest BCUT2D eigenvalue weighted by atomic mass is 16.6. The second-order valence-corrected chi connectivity index (χ2v) is 8.08. The van der Waals surface area contributed by atoms with Gasteiger partial charge in [0, 0.05) is 33.1 Å². The molecule has 29 heavy (non-hydrogen) atoms. The summed E-state index contributed by atoms with van der Waals surface area (Å²) in [6.45, 7) is 1.28. The first-order chi connectivity index (χ1) is 13.9. The molecule has 1 aliphatic heterocycles. The van der Waals surface area contributed by atoms with Gasteiger partial charge in [0.15, 0.2) is 0 Å². The van der Waals surface area contributed by atoms with E-state index in [2.05, 4.69) is 12.1 Å². The summed E-state index contributed by atoms with van der Waals surface area (Å²) in [6.07, 6.45) is 1.14. The molecule has 8 nitrogen and oxygen atoms in total. The van der Waals surface area contributed by atoms with Crippen LogP contribution in [0.1, 0.15) is 37.2 Å². The Morgan fingerprint density at radius 3 is 2.48 bits per heavy atom. The van der Waals surface area contributed by atoms with Crippen LogP contribution in [0.5, 0.6) is 0 Å². The van der Waals surface area contributed by atoms with E-state index in [0.29, 0.717) is 31.8 Å². The lowest BCUT2D eigenvalue weighted by atomic mass is 9.76. The van der Waals surface area contributed by atoms with Gasteiger partial charge in [-0.05, 0) is 31.2 Å². The standard InChI is InChI=1S/C21H29N3O5/c1-23(2)21(27)29-16-8-9-17(18(12-16)19(25)22-28)20(26)24-11-10-15(13-24)14-6-4-3-5-7-14/h3-7,15-18,28H,8-13H2,1-2H3,(H,22,25)/t15-,16-,17-,18-/m0/s1. The van der Waals surface area contributed by atoms with Crippen LogP contribution < -0.4 is 5.48 Å². The fourth-order valence-corrected chi connectivity index (χ4v) is 4.35. The molecule has 1 saturated heterocycles. The monoisotopic (exact) mass is 403 g/mol. The molecule has 8 heteroatoms. The number of nitrogens with one attached hydrogen (secondary N) is 1. The van der Waals surface area contributed by atoms with Gasteiger partial charge in [0.05, 0.1) is 11.8 Å². The number of likely N-dealkylation sites (tertiary alicyclic amines) is 1. The summed E-state index contributed by atoms with van der Waals surface area (Å²) in [7, 11) is 3.18. The van der Waals surface area contributed by atoms with Gasteiger partial charge < -0.3 is 14.5 Å². The van der Waals surface area contributed by atoms with Crippen molar-refractivity contribution in [1.82, 2.24) is 15.3 Å². The summed E-state index contributed by atoms with van der Waals surface area (Å²) in [5, 5.41) is 9.16. The number of hydrogen-bond acceptors (Lipinski definition) is 5. The molecule has 1 aromatic carbocycles. The van der Waals surface area contributed by atoms with E-state index in [0.717, 1.165) is 6.42 Å². The minimum absolute atomic E-state index is 0.0607. The van der Waals surface area contributed by atoms with E-state index >= 15 is 0 Å². The smallest absolute Gasteiger partial charge is 0.409 e. The van der Waals surface area contributed by atoms with E-state index in [1.54, 1.807) is 19.6 Å². The zero-order chi connectivity index (χ0) is 21.0. The molecule has 4 atom stereocenters. The van der Waals surface area contributed by atoms with Crippen molar-refractivity contribution in [2.24, 2.45) is 11.8 Å². The first kappa shape index (κ1) is 21.1. The number of hydroxylamine groups is 1. The van der Waals surface area contributed by atoms with Crippen LogP contribution >= 0.6 is 0 Å². The number of carbonyl (C=O) groups excluding carboxylic acids is 3. The Morgan fingerprint density at radius 1 is 1.10 bits per heavy atom. The Hall–Kier alpha value is -2.61. The molecule has 0 aromatic heterocycles. The molecule has 3 amide bonds. The first-order valence-corrected chi connectivity index (χ1v) is 10.1. The van der Waals surface area contributed by atoms with Crippen LogP contribution in [-0.4, -0.2) is 66.2 Å².